The molecule has 0 amide bonds. The molecule has 0 radical (unpaired) electrons. The number of hydrogen-bond acceptors (Lipinski definition) is 3. The molecule has 5 aliphatic rings. The van der Waals surface area contributed by atoms with E-state index in [9.17, 15) is 0 Å². The summed E-state index contributed by atoms with van der Waals surface area (Å²) in [6.07, 6.45) is 7.06. The van der Waals surface area contributed by atoms with Gasteiger partial charge in [-0.1, -0.05) is 103 Å². The summed E-state index contributed by atoms with van der Waals surface area (Å²) < 4.78 is 2.47. The standard InChI is InChI=1S/C49H38N4/c1-3-11-32(12-4-1)46-50-47(33-13-5-2-6-14-33)52-48(51-46)34-19-21-37(22-20-34)53-44-18-10-8-16-39(44)41-28-43-40(29-45(41)53)38-15-7-9-17-42(38)49(43)35-24-30-23-31(26-35)27-36(49)25-30/h1-22,28-31,35-36H,23-27H2. The monoisotopic (exact) mass is 682 g/mol. The molecule has 4 heteroatoms. The van der Waals surface area contributed by atoms with Crippen molar-refractivity contribution in [3.05, 3.63) is 157 Å². The number of aromatic nitrogens is 4. The average Bonchev–Trinajstić information content (AvgIpc) is 3.69. The molecule has 4 bridgehead atoms. The summed E-state index contributed by atoms with van der Waals surface area (Å²) in [5.74, 6) is 5.38. The first-order valence-electron chi connectivity index (χ1n) is 19.4. The molecule has 0 aliphatic heterocycles. The highest BCUT2D eigenvalue weighted by Crippen LogP contribution is 2.69. The largest absolute Gasteiger partial charge is 0.309 e. The first-order valence-corrected chi connectivity index (χ1v) is 19.4. The van der Waals surface area contributed by atoms with Crippen LogP contribution in [0.25, 0.3) is 72.8 Å². The zero-order chi connectivity index (χ0) is 34.7. The molecule has 53 heavy (non-hydrogen) atoms. The lowest BCUT2D eigenvalue weighted by Crippen LogP contribution is -2.55. The van der Waals surface area contributed by atoms with Gasteiger partial charge >= 0.3 is 0 Å². The van der Waals surface area contributed by atoms with Crippen LogP contribution in [0.2, 0.25) is 0 Å². The highest BCUT2D eigenvalue weighted by Gasteiger charge is 2.61. The minimum Gasteiger partial charge on any atom is -0.309 e. The van der Waals surface area contributed by atoms with Crippen molar-refractivity contribution in [1.29, 1.82) is 0 Å². The molecule has 13 rings (SSSR count). The molecule has 4 saturated carbocycles. The number of nitrogens with zero attached hydrogens (tertiary/aromatic N) is 4. The van der Waals surface area contributed by atoms with Crippen LogP contribution < -0.4 is 0 Å². The van der Waals surface area contributed by atoms with Gasteiger partial charge in [-0.2, -0.15) is 0 Å². The van der Waals surface area contributed by atoms with Crippen LogP contribution >= 0.6 is 0 Å². The number of fused-ring (bicyclic) bond motifs is 6. The van der Waals surface area contributed by atoms with Gasteiger partial charge in [-0.15, -0.1) is 0 Å². The third kappa shape index (κ3) is 4.21. The van der Waals surface area contributed by atoms with Crippen molar-refractivity contribution in [2.75, 3.05) is 0 Å². The molecule has 2 heterocycles. The fourth-order valence-electron chi connectivity index (χ4n) is 11.6. The molecular weight excluding hydrogens is 645 g/mol. The molecule has 0 N–H and O–H groups in total. The Morgan fingerprint density at radius 1 is 0.434 bits per heavy atom. The summed E-state index contributed by atoms with van der Waals surface area (Å²) >= 11 is 0. The van der Waals surface area contributed by atoms with Crippen LogP contribution in [0.4, 0.5) is 0 Å². The van der Waals surface area contributed by atoms with E-state index >= 15 is 0 Å². The van der Waals surface area contributed by atoms with Crippen LogP contribution in [-0.2, 0) is 5.41 Å². The van der Waals surface area contributed by atoms with Crippen molar-refractivity contribution < 1.29 is 0 Å². The van der Waals surface area contributed by atoms with Gasteiger partial charge in [0, 0.05) is 38.6 Å². The van der Waals surface area contributed by atoms with Crippen molar-refractivity contribution in [3.63, 3.8) is 0 Å². The van der Waals surface area contributed by atoms with Crippen LogP contribution in [0.15, 0.2) is 146 Å². The Labute approximate surface area is 309 Å². The molecule has 8 aromatic rings. The quantitative estimate of drug-likeness (QED) is 0.186. The summed E-state index contributed by atoms with van der Waals surface area (Å²) in [5, 5.41) is 2.68. The second-order valence-corrected chi connectivity index (χ2v) is 16.1. The van der Waals surface area contributed by atoms with Crippen LogP contribution in [0, 0.1) is 23.7 Å². The van der Waals surface area contributed by atoms with E-state index in [1.807, 2.05) is 36.4 Å². The number of benzene rings is 6. The maximum absolute atomic E-state index is 5.00. The van der Waals surface area contributed by atoms with Crippen LogP contribution in [-0.4, -0.2) is 19.5 Å². The highest BCUT2D eigenvalue weighted by molar-refractivity contribution is 6.11. The lowest BCUT2D eigenvalue weighted by Gasteiger charge is -2.61. The summed E-state index contributed by atoms with van der Waals surface area (Å²) in [7, 11) is 0. The van der Waals surface area contributed by atoms with Gasteiger partial charge in [-0.3, -0.25) is 0 Å². The van der Waals surface area contributed by atoms with Gasteiger partial charge in [-0.05, 0) is 120 Å². The Bertz CT molecular complexity index is 2640. The minimum absolute atomic E-state index is 0.153. The maximum atomic E-state index is 5.00. The Morgan fingerprint density at radius 2 is 0.981 bits per heavy atom. The van der Waals surface area contributed by atoms with E-state index in [1.165, 1.54) is 65.0 Å². The van der Waals surface area contributed by atoms with Crippen LogP contribution in [0.5, 0.6) is 0 Å². The van der Waals surface area contributed by atoms with Crippen molar-refractivity contribution in [3.8, 4) is 51.0 Å². The van der Waals surface area contributed by atoms with E-state index in [-0.39, 0.29) is 5.41 Å². The fraction of sp³-hybridized carbons (Fsp3) is 0.204. The molecule has 0 saturated heterocycles. The van der Waals surface area contributed by atoms with Crippen molar-refractivity contribution >= 4 is 21.8 Å². The Morgan fingerprint density at radius 3 is 1.62 bits per heavy atom. The number of para-hydroxylation sites is 1. The third-order valence-electron chi connectivity index (χ3n) is 13.4. The zero-order valence-electron chi connectivity index (χ0n) is 29.5. The summed E-state index contributed by atoms with van der Waals surface area (Å²) in [5.41, 5.74) is 12.8. The lowest BCUT2D eigenvalue weighted by molar-refractivity contribution is -0.0399. The van der Waals surface area contributed by atoms with E-state index in [4.69, 9.17) is 15.0 Å². The molecule has 4 fully saturated rings. The fourth-order valence-corrected chi connectivity index (χ4v) is 11.6. The van der Waals surface area contributed by atoms with E-state index in [0.717, 1.165) is 46.0 Å². The molecule has 0 unspecified atom stereocenters. The first kappa shape index (κ1) is 29.7. The molecule has 6 aromatic carbocycles. The predicted molar refractivity (Wildman–Crippen MR) is 214 cm³/mol. The molecule has 0 atom stereocenters. The summed E-state index contributed by atoms with van der Waals surface area (Å²) in [6, 6.07) is 52.8. The van der Waals surface area contributed by atoms with Gasteiger partial charge in [0.05, 0.1) is 11.0 Å². The summed E-state index contributed by atoms with van der Waals surface area (Å²) in [6.45, 7) is 0. The molecule has 4 nitrogen and oxygen atoms in total. The smallest absolute Gasteiger partial charge is 0.164 e. The van der Waals surface area contributed by atoms with Crippen LogP contribution in [0.3, 0.4) is 0 Å². The predicted octanol–water partition coefficient (Wildman–Crippen LogP) is 11.7. The van der Waals surface area contributed by atoms with Crippen LogP contribution in [0.1, 0.15) is 43.2 Å². The molecule has 1 spiro atoms. The molecule has 5 aliphatic carbocycles. The molecular formula is C49H38N4. The topological polar surface area (TPSA) is 43.6 Å². The highest BCUT2D eigenvalue weighted by atomic mass is 15.0. The second-order valence-electron chi connectivity index (χ2n) is 16.1. The Hall–Kier alpha value is -5.87. The van der Waals surface area contributed by atoms with Gasteiger partial charge < -0.3 is 4.57 Å². The van der Waals surface area contributed by atoms with E-state index in [1.54, 1.807) is 11.1 Å². The molecule has 2 aromatic heterocycles. The number of hydrogen-bond donors (Lipinski definition) is 0. The zero-order valence-corrected chi connectivity index (χ0v) is 29.5. The van der Waals surface area contributed by atoms with Gasteiger partial charge in [0.2, 0.25) is 0 Å². The lowest BCUT2D eigenvalue weighted by atomic mass is 9.43. The van der Waals surface area contributed by atoms with Crippen molar-refractivity contribution in [2.24, 2.45) is 23.7 Å². The van der Waals surface area contributed by atoms with Crippen molar-refractivity contribution in [2.45, 2.75) is 37.5 Å². The first-order chi connectivity index (χ1) is 26.2. The van der Waals surface area contributed by atoms with E-state index in [0.29, 0.717) is 17.5 Å². The SMILES string of the molecule is c1ccc(-c2nc(-c3ccccc3)nc(-c3ccc(-n4c5ccccc5c5cc6c(cc54)-c4ccccc4C64C5CC6CC(C5)CC4C6)cc3)n2)cc1. The third-order valence-corrected chi connectivity index (χ3v) is 13.4. The Kier molecular flexibility index (Phi) is 6.20. The average molecular weight is 683 g/mol. The van der Waals surface area contributed by atoms with Crippen molar-refractivity contribution in [1.82, 2.24) is 19.5 Å². The van der Waals surface area contributed by atoms with Gasteiger partial charge in [-0.25, -0.2) is 15.0 Å². The minimum atomic E-state index is 0.153. The van der Waals surface area contributed by atoms with Gasteiger partial charge in [0.25, 0.3) is 0 Å². The van der Waals surface area contributed by atoms with E-state index in [2.05, 4.69) is 114 Å². The van der Waals surface area contributed by atoms with Gasteiger partial charge in [0.15, 0.2) is 17.5 Å². The normalized spacial score (nSPS) is 23.5. The second kappa shape index (κ2) is 11.1. The Balaban J connectivity index is 1.02. The van der Waals surface area contributed by atoms with E-state index < -0.39 is 0 Å². The maximum Gasteiger partial charge on any atom is 0.164 e. The molecule has 254 valence electrons. The number of rotatable bonds is 4. The summed E-state index contributed by atoms with van der Waals surface area (Å²) in [4.78, 5) is 14.9. The van der Waals surface area contributed by atoms with Gasteiger partial charge in [0.1, 0.15) is 0 Å².